The maximum atomic E-state index is 6.38. The van der Waals surface area contributed by atoms with E-state index in [1.54, 1.807) is 6.20 Å². The van der Waals surface area contributed by atoms with Crippen molar-refractivity contribution in [1.82, 2.24) is 15.1 Å². The molecule has 0 amide bonds. The number of halogens is 1. The molecule has 0 spiro atoms. The van der Waals surface area contributed by atoms with Gasteiger partial charge in [0.25, 0.3) is 0 Å². The lowest BCUT2D eigenvalue weighted by atomic mass is 9.81. The van der Waals surface area contributed by atoms with Crippen LogP contribution in [0.15, 0.2) is 6.20 Å². The number of nitrogens with zero attached hydrogens (tertiary/aromatic N) is 2. The van der Waals surface area contributed by atoms with Crippen molar-refractivity contribution in [3.05, 3.63) is 16.9 Å². The van der Waals surface area contributed by atoms with Gasteiger partial charge >= 0.3 is 0 Å². The van der Waals surface area contributed by atoms with Gasteiger partial charge in [-0.1, -0.05) is 25.4 Å². The molecule has 1 fully saturated rings. The molecule has 4 heteroatoms. The van der Waals surface area contributed by atoms with Crippen molar-refractivity contribution >= 4 is 11.6 Å². The lowest BCUT2D eigenvalue weighted by Crippen LogP contribution is -2.44. The molecule has 0 saturated carbocycles. The average molecular weight is 256 g/mol. The molecule has 2 heterocycles. The molecule has 1 atom stereocenters. The first-order chi connectivity index (χ1) is 7.99. The Balaban J connectivity index is 2.53. The molecule has 3 nitrogen and oxygen atoms in total. The Bertz CT molecular complexity index is 389. The molecular formula is C13H22ClN3. The van der Waals surface area contributed by atoms with Gasteiger partial charge < -0.3 is 5.32 Å². The maximum absolute atomic E-state index is 6.38. The lowest BCUT2D eigenvalue weighted by molar-refractivity contribution is 0.250. The molecule has 0 bridgehead atoms. The molecule has 0 aromatic carbocycles. The van der Waals surface area contributed by atoms with E-state index in [0.29, 0.717) is 12.0 Å². The number of nitrogens with one attached hydrogen (secondary N) is 1. The van der Waals surface area contributed by atoms with Crippen LogP contribution in [0.2, 0.25) is 5.02 Å². The highest BCUT2D eigenvalue weighted by atomic mass is 35.5. The third-order valence-electron chi connectivity index (χ3n) is 3.84. The van der Waals surface area contributed by atoms with Crippen LogP contribution in [0, 0.1) is 5.92 Å². The fourth-order valence-electron chi connectivity index (χ4n) is 2.89. The van der Waals surface area contributed by atoms with Gasteiger partial charge in [0.15, 0.2) is 0 Å². The van der Waals surface area contributed by atoms with Gasteiger partial charge in [-0.15, -0.1) is 0 Å². The Morgan fingerprint density at radius 2 is 2.12 bits per heavy atom. The second-order valence-electron chi connectivity index (χ2n) is 5.54. The van der Waals surface area contributed by atoms with E-state index in [0.717, 1.165) is 18.0 Å². The zero-order valence-corrected chi connectivity index (χ0v) is 11.9. The van der Waals surface area contributed by atoms with Crippen molar-refractivity contribution in [2.75, 3.05) is 6.54 Å². The smallest absolute Gasteiger partial charge is 0.0837 e. The number of rotatable bonds is 3. The van der Waals surface area contributed by atoms with Gasteiger partial charge in [-0.2, -0.15) is 5.10 Å². The number of hydrogen-bond donors (Lipinski definition) is 1. The van der Waals surface area contributed by atoms with Crippen LogP contribution in [-0.2, 0) is 5.54 Å². The Hall–Kier alpha value is -0.540. The van der Waals surface area contributed by atoms with E-state index in [1.807, 2.05) is 0 Å². The van der Waals surface area contributed by atoms with Crippen molar-refractivity contribution < 1.29 is 0 Å². The minimum absolute atomic E-state index is 0.00213. The van der Waals surface area contributed by atoms with Crippen molar-refractivity contribution in [2.45, 2.75) is 52.1 Å². The van der Waals surface area contributed by atoms with Crippen molar-refractivity contribution in [3.63, 3.8) is 0 Å². The highest BCUT2D eigenvalue weighted by molar-refractivity contribution is 6.31. The van der Waals surface area contributed by atoms with Crippen molar-refractivity contribution in [2.24, 2.45) is 5.92 Å². The number of aromatic nitrogens is 2. The molecule has 1 aliphatic rings. The topological polar surface area (TPSA) is 29.9 Å². The SMILES string of the molecule is CC(C)n1ncc(Cl)c1C1(C(C)C)CCCN1. The van der Waals surface area contributed by atoms with Crippen LogP contribution in [-0.4, -0.2) is 16.3 Å². The molecule has 1 saturated heterocycles. The van der Waals surface area contributed by atoms with E-state index < -0.39 is 0 Å². The Morgan fingerprint density at radius 3 is 2.59 bits per heavy atom. The van der Waals surface area contributed by atoms with E-state index in [-0.39, 0.29) is 5.54 Å². The van der Waals surface area contributed by atoms with Crippen LogP contribution in [0.25, 0.3) is 0 Å². The molecule has 17 heavy (non-hydrogen) atoms. The average Bonchev–Trinajstić information content (AvgIpc) is 2.83. The van der Waals surface area contributed by atoms with E-state index in [1.165, 1.54) is 12.1 Å². The summed E-state index contributed by atoms with van der Waals surface area (Å²) in [5.74, 6) is 0.511. The third kappa shape index (κ3) is 2.00. The summed E-state index contributed by atoms with van der Waals surface area (Å²) in [6, 6.07) is 0.343. The van der Waals surface area contributed by atoms with E-state index in [4.69, 9.17) is 11.6 Å². The minimum Gasteiger partial charge on any atom is -0.306 e. The van der Waals surface area contributed by atoms with Crippen molar-refractivity contribution in [1.29, 1.82) is 0 Å². The van der Waals surface area contributed by atoms with Gasteiger partial charge in [0.1, 0.15) is 0 Å². The summed E-state index contributed by atoms with van der Waals surface area (Å²) in [5.41, 5.74) is 1.17. The predicted octanol–water partition coefficient (Wildman–Crippen LogP) is 3.35. The maximum Gasteiger partial charge on any atom is 0.0837 e. The highest BCUT2D eigenvalue weighted by Crippen LogP contribution is 2.41. The summed E-state index contributed by atoms with van der Waals surface area (Å²) in [5, 5.41) is 8.89. The van der Waals surface area contributed by atoms with Crippen LogP contribution in [0.5, 0.6) is 0 Å². The van der Waals surface area contributed by atoms with Crippen LogP contribution in [0.1, 0.15) is 52.3 Å². The summed E-state index contributed by atoms with van der Waals surface area (Å²) < 4.78 is 2.07. The largest absolute Gasteiger partial charge is 0.306 e. The van der Waals surface area contributed by atoms with Gasteiger partial charge in [0.2, 0.25) is 0 Å². The lowest BCUT2D eigenvalue weighted by Gasteiger charge is -2.35. The Morgan fingerprint density at radius 1 is 1.41 bits per heavy atom. The second kappa shape index (κ2) is 4.62. The third-order valence-corrected chi connectivity index (χ3v) is 4.11. The summed E-state index contributed by atoms with van der Waals surface area (Å²) in [7, 11) is 0. The molecule has 1 aliphatic heterocycles. The summed E-state index contributed by atoms with van der Waals surface area (Å²) in [6.07, 6.45) is 4.13. The van der Waals surface area contributed by atoms with Gasteiger partial charge in [-0.25, -0.2) is 0 Å². The fraction of sp³-hybridized carbons (Fsp3) is 0.769. The standard InChI is InChI=1S/C13H22ClN3/c1-9(2)13(6-5-7-15-13)12-11(14)8-16-17(12)10(3)4/h8-10,15H,5-7H2,1-4H3. The van der Waals surface area contributed by atoms with Gasteiger partial charge in [-0.3, -0.25) is 4.68 Å². The zero-order valence-electron chi connectivity index (χ0n) is 11.1. The van der Waals surface area contributed by atoms with E-state index in [2.05, 4.69) is 42.8 Å². The predicted molar refractivity (Wildman–Crippen MR) is 71.4 cm³/mol. The van der Waals surface area contributed by atoms with Crippen LogP contribution >= 0.6 is 11.6 Å². The first kappa shape index (κ1) is 12.9. The molecule has 1 N–H and O–H groups in total. The van der Waals surface area contributed by atoms with Crippen molar-refractivity contribution in [3.8, 4) is 0 Å². The number of hydrogen-bond acceptors (Lipinski definition) is 2. The zero-order chi connectivity index (χ0) is 12.6. The first-order valence-corrected chi connectivity index (χ1v) is 6.85. The van der Waals surface area contributed by atoms with E-state index >= 15 is 0 Å². The Kier molecular flexibility index (Phi) is 3.50. The highest BCUT2D eigenvalue weighted by Gasteiger charge is 2.42. The van der Waals surface area contributed by atoms with Crippen LogP contribution in [0.4, 0.5) is 0 Å². The van der Waals surface area contributed by atoms with Crippen LogP contribution < -0.4 is 5.32 Å². The first-order valence-electron chi connectivity index (χ1n) is 6.47. The van der Waals surface area contributed by atoms with Gasteiger partial charge in [0, 0.05) is 6.04 Å². The second-order valence-corrected chi connectivity index (χ2v) is 5.94. The van der Waals surface area contributed by atoms with Gasteiger partial charge in [-0.05, 0) is 39.2 Å². The minimum atomic E-state index is -0.00213. The molecular weight excluding hydrogens is 234 g/mol. The van der Waals surface area contributed by atoms with E-state index in [9.17, 15) is 0 Å². The molecule has 1 aromatic rings. The molecule has 0 radical (unpaired) electrons. The summed E-state index contributed by atoms with van der Waals surface area (Å²) in [4.78, 5) is 0. The fourth-order valence-corrected chi connectivity index (χ4v) is 3.18. The quantitative estimate of drug-likeness (QED) is 0.898. The summed E-state index contributed by atoms with van der Waals surface area (Å²) in [6.45, 7) is 9.88. The molecule has 2 rings (SSSR count). The van der Waals surface area contributed by atoms with Gasteiger partial charge in [0.05, 0.1) is 22.5 Å². The molecule has 1 aromatic heterocycles. The molecule has 96 valence electrons. The molecule has 1 unspecified atom stereocenters. The summed E-state index contributed by atoms with van der Waals surface area (Å²) >= 11 is 6.38. The van der Waals surface area contributed by atoms with Crippen LogP contribution in [0.3, 0.4) is 0 Å². The monoisotopic (exact) mass is 255 g/mol. The Labute approximate surface area is 109 Å². The normalized spacial score (nSPS) is 25.1. The molecule has 0 aliphatic carbocycles.